The van der Waals surface area contributed by atoms with Crippen LogP contribution in [0.25, 0.3) is 10.9 Å². The van der Waals surface area contributed by atoms with Crippen LogP contribution in [-0.4, -0.2) is 30.0 Å². The SMILES string of the molecule is CCCNC(=O)C(C)NCCc1cccc2cccnc12. The molecular formula is C17H23N3O. The fraction of sp³-hybridized carbons (Fsp3) is 0.412. The normalized spacial score (nSPS) is 12.3. The maximum atomic E-state index is 11.8. The largest absolute Gasteiger partial charge is 0.355 e. The molecule has 1 aromatic heterocycles. The van der Waals surface area contributed by atoms with Gasteiger partial charge in [0.1, 0.15) is 0 Å². The van der Waals surface area contributed by atoms with Gasteiger partial charge in [0.2, 0.25) is 5.91 Å². The third-order valence-electron chi connectivity index (χ3n) is 3.50. The average Bonchev–Trinajstić information content (AvgIpc) is 2.52. The molecule has 1 aromatic carbocycles. The topological polar surface area (TPSA) is 54.0 Å². The van der Waals surface area contributed by atoms with Crippen LogP contribution in [-0.2, 0) is 11.2 Å². The molecule has 0 aliphatic carbocycles. The molecule has 1 heterocycles. The highest BCUT2D eigenvalue weighted by Gasteiger charge is 2.11. The predicted molar refractivity (Wildman–Crippen MR) is 86.2 cm³/mol. The lowest BCUT2D eigenvalue weighted by atomic mass is 10.1. The summed E-state index contributed by atoms with van der Waals surface area (Å²) < 4.78 is 0. The van der Waals surface area contributed by atoms with Crippen molar-refractivity contribution in [3.05, 3.63) is 42.1 Å². The molecular weight excluding hydrogens is 262 g/mol. The molecule has 2 aromatic rings. The first kappa shape index (κ1) is 15.4. The highest BCUT2D eigenvalue weighted by Crippen LogP contribution is 2.15. The minimum absolute atomic E-state index is 0.0629. The monoisotopic (exact) mass is 285 g/mol. The van der Waals surface area contributed by atoms with Crippen LogP contribution in [0, 0.1) is 0 Å². The van der Waals surface area contributed by atoms with Crippen molar-refractivity contribution in [2.24, 2.45) is 0 Å². The third-order valence-corrected chi connectivity index (χ3v) is 3.50. The molecule has 1 unspecified atom stereocenters. The zero-order valence-corrected chi connectivity index (χ0v) is 12.7. The van der Waals surface area contributed by atoms with E-state index in [0.717, 1.165) is 36.8 Å². The lowest BCUT2D eigenvalue weighted by Crippen LogP contribution is -2.43. The second-order valence-electron chi connectivity index (χ2n) is 5.21. The van der Waals surface area contributed by atoms with Gasteiger partial charge in [0.25, 0.3) is 0 Å². The Morgan fingerprint density at radius 1 is 1.24 bits per heavy atom. The Hall–Kier alpha value is -1.94. The molecule has 0 aliphatic rings. The van der Waals surface area contributed by atoms with E-state index in [0.29, 0.717) is 0 Å². The van der Waals surface area contributed by atoms with Crippen LogP contribution in [0.5, 0.6) is 0 Å². The summed E-state index contributed by atoms with van der Waals surface area (Å²) in [5.41, 5.74) is 2.26. The van der Waals surface area contributed by atoms with E-state index < -0.39 is 0 Å². The van der Waals surface area contributed by atoms with Gasteiger partial charge in [0.15, 0.2) is 0 Å². The number of hydrogen-bond donors (Lipinski definition) is 2. The van der Waals surface area contributed by atoms with Gasteiger partial charge in [0, 0.05) is 18.1 Å². The number of aromatic nitrogens is 1. The molecule has 1 amide bonds. The van der Waals surface area contributed by atoms with E-state index in [1.807, 2.05) is 26.1 Å². The molecule has 0 fully saturated rings. The number of amides is 1. The Kier molecular flexibility index (Phi) is 5.69. The number of para-hydroxylation sites is 1. The van der Waals surface area contributed by atoms with Crippen LogP contribution in [0.4, 0.5) is 0 Å². The predicted octanol–water partition coefficient (Wildman–Crippen LogP) is 2.28. The lowest BCUT2D eigenvalue weighted by Gasteiger charge is -2.14. The van der Waals surface area contributed by atoms with Crippen molar-refractivity contribution in [3.63, 3.8) is 0 Å². The Balaban J connectivity index is 1.89. The molecule has 4 nitrogen and oxygen atoms in total. The van der Waals surface area contributed by atoms with Crippen molar-refractivity contribution in [2.45, 2.75) is 32.7 Å². The molecule has 0 spiro atoms. The Bertz CT molecular complexity index is 592. The first-order valence-corrected chi connectivity index (χ1v) is 7.56. The third kappa shape index (κ3) is 4.26. The Morgan fingerprint density at radius 3 is 2.86 bits per heavy atom. The number of carbonyl (C=O) groups is 1. The van der Waals surface area contributed by atoms with Crippen LogP contribution in [0.1, 0.15) is 25.8 Å². The maximum absolute atomic E-state index is 11.8. The molecule has 0 aliphatic heterocycles. The second-order valence-corrected chi connectivity index (χ2v) is 5.21. The van der Waals surface area contributed by atoms with Gasteiger partial charge in [-0.3, -0.25) is 9.78 Å². The Labute approximate surface area is 126 Å². The molecule has 21 heavy (non-hydrogen) atoms. The zero-order valence-electron chi connectivity index (χ0n) is 12.7. The van der Waals surface area contributed by atoms with Crippen LogP contribution in [0.2, 0.25) is 0 Å². The van der Waals surface area contributed by atoms with Gasteiger partial charge in [0.05, 0.1) is 11.6 Å². The summed E-state index contributed by atoms with van der Waals surface area (Å²) in [4.78, 5) is 16.2. The highest BCUT2D eigenvalue weighted by atomic mass is 16.2. The van der Waals surface area contributed by atoms with Crippen molar-refractivity contribution in [2.75, 3.05) is 13.1 Å². The number of nitrogens with one attached hydrogen (secondary N) is 2. The van der Waals surface area contributed by atoms with Gasteiger partial charge in [-0.15, -0.1) is 0 Å². The van der Waals surface area contributed by atoms with E-state index in [4.69, 9.17) is 0 Å². The van der Waals surface area contributed by atoms with Gasteiger partial charge in [-0.1, -0.05) is 31.2 Å². The number of benzene rings is 1. The highest BCUT2D eigenvalue weighted by molar-refractivity contribution is 5.82. The number of carbonyl (C=O) groups excluding carboxylic acids is 1. The van der Waals surface area contributed by atoms with E-state index in [1.165, 1.54) is 5.56 Å². The minimum atomic E-state index is -0.167. The number of nitrogens with zero attached hydrogens (tertiary/aromatic N) is 1. The molecule has 2 N–H and O–H groups in total. The van der Waals surface area contributed by atoms with Crippen molar-refractivity contribution in [3.8, 4) is 0 Å². The molecule has 4 heteroatoms. The van der Waals surface area contributed by atoms with Crippen LogP contribution in [0.15, 0.2) is 36.5 Å². The summed E-state index contributed by atoms with van der Waals surface area (Å²) in [6.45, 7) is 5.44. The van der Waals surface area contributed by atoms with Crippen molar-refractivity contribution in [1.82, 2.24) is 15.6 Å². The summed E-state index contributed by atoms with van der Waals surface area (Å²) >= 11 is 0. The number of pyridine rings is 1. The quantitative estimate of drug-likeness (QED) is 0.820. The van der Waals surface area contributed by atoms with Crippen LogP contribution >= 0.6 is 0 Å². The van der Waals surface area contributed by atoms with Crippen molar-refractivity contribution >= 4 is 16.8 Å². The van der Waals surface area contributed by atoms with Crippen LogP contribution < -0.4 is 10.6 Å². The first-order valence-electron chi connectivity index (χ1n) is 7.56. The van der Waals surface area contributed by atoms with Gasteiger partial charge < -0.3 is 10.6 Å². The second kappa shape index (κ2) is 7.74. The zero-order chi connectivity index (χ0) is 15.1. The lowest BCUT2D eigenvalue weighted by molar-refractivity contribution is -0.122. The summed E-state index contributed by atoms with van der Waals surface area (Å²) in [5, 5.41) is 7.32. The van der Waals surface area contributed by atoms with E-state index in [9.17, 15) is 4.79 Å². The van der Waals surface area contributed by atoms with Gasteiger partial charge in [-0.05, 0) is 37.9 Å². The van der Waals surface area contributed by atoms with E-state index in [2.05, 4.69) is 39.9 Å². The smallest absolute Gasteiger partial charge is 0.236 e. The van der Waals surface area contributed by atoms with Gasteiger partial charge in [-0.2, -0.15) is 0 Å². The molecule has 0 saturated carbocycles. The van der Waals surface area contributed by atoms with E-state index >= 15 is 0 Å². The Morgan fingerprint density at radius 2 is 2.05 bits per heavy atom. The van der Waals surface area contributed by atoms with Crippen molar-refractivity contribution < 1.29 is 4.79 Å². The standard InChI is InChI=1S/C17H23N3O/c1-3-10-20-17(21)13(2)18-12-9-15-7-4-6-14-8-5-11-19-16(14)15/h4-8,11,13,18H,3,9-10,12H2,1-2H3,(H,20,21). The van der Waals surface area contributed by atoms with Gasteiger partial charge in [-0.25, -0.2) is 0 Å². The summed E-state index contributed by atoms with van der Waals surface area (Å²) in [7, 11) is 0. The summed E-state index contributed by atoms with van der Waals surface area (Å²) in [6.07, 6.45) is 3.64. The number of rotatable bonds is 7. The van der Waals surface area contributed by atoms with Gasteiger partial charge >= 0.3 is 0 Å². The van der Waals surface area contributed by atoms with Crippen molar-refractivity contribution in [1.29, 1.82) is 0 Å². The fourth-order valence-corrected chi connectivity index (χ4v) is 2.29. The maximum Gasteiger partial charge on any atom is 0.236 e. The minimum Gasteiger partial charge on any atom is -0.355 e. The van der Waals surface area contributed by atoms with E-state index in [-0.39, 0.29) is 11.9 Å². The number of hydrogen-bond acceptors (Lipinski definition) is 3. The molecule has 0 saturated heterocycles. The average molecular weight is 285 g/mol. The molecule has 112 valence electrons. The fourth-order valence-electron chi connectivity index (χ4n) is 2.29. The number of fused-ring (bicyclic) bond motifs is 1. The molecule has 1 atom stereocenters. The molecule has 2 rings (SSSR count). The van der Waals surface area contributed by atoms with Crippen LogP contribution in [0.3, 0.4) is 0 Å². The molecule has 0 bridgehead atoms. The summed E-state index contributed by atoms with van der Waals surface area (Å²) in [5.74, 6) is 0.0629. The summed E-state index contributed by atoms with van der Waals surface area (Å²) in [6, 6.07) is 10.1. The molecule has 0 radical (unpaired) electrons. The van der Waals surface area contributed by atoms with E-state index in [1.54, 1.807) is 0 Å². The first-order chi connectivity index (χ1) is 10.2.